The molecule has 1 aliphatic rings. The van der Waals surface area contributed by atoms with Crippen molar-refractivity contribution in [2.75, 3.05) is 10.6 Å². The number of rotatable bonds is 5. The number of primary amides is 1. The molecule has 1 fully saturated rings. The number of aromatic amines is 1. The van der Waals surface area contributed by atoms with E-state index in [-0.39, 0.29) is 11.4 Å². The molecule has 0 atom stereocenters. The first kappa shape index (κ1) is 17.0. The van der Waals surface area contributed by atoms with E-state index in [1.54, 1.807) is 7.05 Å². The monoisotopic (exact) mass is 345 g/mol. The first-order valence-electron chi connectivity index (χ1n) is 8.47. The van der Waals surface area contributed by atoms with Gasteiger partial charge in [0.05, 0.1) is 5.69 Å². The number of amides is 3. The Bertz CT molecular complexity index is 758. The first-order chi connectivity index (χ1) is 12.0. The van der Waals surface area contributed by atoms with Gasteiger partial charge in [-0.2, -0.15) is 10.2 Å². The van der Waals surface area contributed by atoms with Crippen molar-refractivity contribution in [3.8, 4) is 0 Å². The van der Waals surface area contributed by atoms with Crippen LogP contribution in [-0.4, -0.2) is 31.9 Å². The maximum atomic E-state index is 12.1. The highest BCUT2D eigenvalue weighted by Crippen LogP contribution is 2.26. The van der Waals surface area contributed by atoms with Crippen LogP contribution in [0.15, 0.2) is 12.3 Å². The number of urea groups is 1. The number of aryl methyl sites for hydroxylation is 1. The zero-order valence-electron chi connectivity index (χ0n) is 14.2. The van der Waals surface area contributed by atoms with Crippen LogP contribution < -0.4 is 16.4 Å². The number of nitrogens with one attached hydrogen (secondary N) is 3. The Morgan fingerprint density at radius 3 is 2.80 bits per heavy atom. The minimum absolute atomic E-state index is 0.0117. The van der Waals surface area contributed by atoms with Crippen LogP contribution in [0.3, 0.4) is 0 Å². The molecule has 9 nitrogen and oxygen atoms in total. The number of aromatic nitrogens is 4. The minimum atomic E-state index is -0.703. The molecule has 0 spiro atoms. The number of anilines is 2. The fraction of sp³-hybridized carbons (Fsp3) is 0.500. The van der Waals surface area contributed by atoms with Crippen LogP contribution in [0, 0.1) is 5.92 Å². The van der Waals surface area contributed by atoms with Crippen LogP contribution in [-0.2, 0) is 13.5 Å². The smallest absolute Gasteiger partial charge is 0.325 e. The van der Waals surface area contributed by atoms with Crippen LogP contribution in [0.2, 0.25) is 0 Å². The standard InChI is InChI=1S/C16H23N7O2/c1-23-9-12(14(22-23)15(17)24)18-16(25)19-13-8-11(20-21-13)7-10-5-3-2-4-6-10/h8-10H,2-7H2,1H3,(H2,17,24)(H3,18,19,20,21,25). The van der Waals surface area contributed by atoms with Crippen LogP contribution in [0.1, 0.15) is 48.3 Å². The molecular weight excluding hydrogens is 322 g/mol. The lowest BCUT2D eigenvalue weighted by Crippen LogP contribution is -2.22. The summed E-state index contributed by atoms with van der Waals surface area (Å²) in [4.78, 5) is 23.4. The van der Waals surface area contributed by atoms with E-state index < -0.39 is 11.9 Å². The first-order valence-corrected chi connectivity index (χ1v) is 8.47. The average molecular weight is 345 g/mol. The third-order valence-electron chi connectivity index (χ3n) is 4.42. The Morgan fingerprint density at radius 1 is 1.32 bits per heavy atom. The van der Waals surface area contributed by atoms with E-state index in [1.165, 1.54) is 43.0 Å². The molecule has 2 aromatic heterocycles. The lowest BCUT2D eigenvalue weighted by molar-refractivity contribution is 0.0995. The van der Waals surface area contributed by atoms with Gasteiger partial charge in [-0.25, -0.2) is 4.79 Å². The molecule has 1 aliphatic carbocycles. The van der Waals surface area contributed by atoms with E-state index in [0.717, 1.165) is 12.1 Å². The van der Waals surface area contributed by atoms with Crippen molar-refractivity contribution in [1.29, 1.82) is 0 Å². The van der Waals surface area contributed by atoms with Gasteiger partial charge in [0.25, 0.3) is 5.91 Å². The zero-order chi connectivity index (χ0) is 17.8. The van der Waals surface area contributed by atoms with E-state index in [4.69, 9.17) is 5.73 Å². The summed E-state index contributed by atoms with van der Waals surface area (Å²) in [5.74, 6) is 0.419. The number of nitrogens with two attached hydrogens (primary N) is 1. The number of nitrogens with zero attached hydrogens (tertiary/aromatic N) is 3. The quantitative estimate of drug-likeness (QED) is 0.660. The van der Waals surface area contributed by atoms with E-state index in [9.17, 15) is 9.59 Å². The number of hydrogen-bond acceptors (Lipinski definition) is 4. The van der Waals surface area contributed by atoms with Crippen molar-refractivity contribution in [2.24, 2.45) is 18.7 Å². The third-order valence-corrected chi connectivity index (χ3v) is 4.42. The molecule has 0 aliphatic heterocycles. The topological polar surface area (TPSA) is 131 Å². The van der Waals surface area contributed by atoms with Gasteiger partial charge in [0.15, 0.2) is 11.5 Å². The van der Waals surface area contributed by atoms with Crippen molar-refractivity contribution >= 4 is 23.4 Å². The van der Waals surface area contributed by atoms with E-state index in [2.05, 4.69) is 25.9 Å². The summed E-state index contributed by atoms with van der Waals surface area (Å²) in [6.07, 6.45) is 8.87. The molecule has 0 saturated heterocycles. The molecule has 2 aromatic rings. The Hall–Kier alpha value is -2.84. The van der Waals surface area contributed by atoms with Gasteiger partial charge < -0.3 is 11.1 Å². The number of hydrogen-bond donors (Lipinski definition) is 4. The summed E-state index contributed by atoms with van der Waals surface area (Å²) in [5, 5.41) is 16.2. The van der Waals surface area contributed by atoms with E-state index in [0.29, 0.717) is 11.7 Å². The van der Waals surface area contributed by atoms with Crippen LogP contribution in [0.25, 0.3) is 0 Å². The second kappa shape index (κ2) is 7.37. The van der Waals surface area contributed by atoms with Gasteiger partial charge in [-0.1, -0.05) is 32.1 Å². The summed E-state index contributed by atoms with van der Waals surface area (Å²) < 4.78 is 1.41. The number of carbonyl (C=O) groups excluding carboxylic acids is 2. The second-order valence-electron chi connectivity index (χ2n) is 6.50. The molecule has 0 aromatic carbocycles. The minimum Gasteiger partial charge on any atom is -0.364 e. The summed E-state index contributed by atoms with van der Waals surface area (Å²) in [6.45, 7) is 0. The molecule has 3 rings (SSSR count). The molecule has 2 heterocycles. The van der Waals surface area contributed by atoms with Gasteiger partial charge in [0, 0.05) is 25.0 Å². The van der Waals surface area contributed by atoms with E-state index in [1.807, 2.05) is 6.07 Å². The van der Waals surface area contributed by atoms with Gasteiger partial charge in [-0.15, -0.1) is 0 Å². The highest BCUT2D eigenvalue weighted by molar-refractivity contribution is 6.04. The van der Waals surface area contributed by atoms with Crippen molar-refractivity contribution in [2.45, 2.75) is 38.5 Å². The molecule has 3 amide bonds. The van der Waals surface area contributed by atoms with Crippen LogP contribution in [0.4, 0.5) is 16.3 Å². The molecule has 0 bridgehead atoms. The summed E-state index contributed by atoms with van der Waals surface area (Å²) in [6, 6.07) is 1.33. The van der Waals surface area contributed by atoms with E-state index >= 15 is 0 Å². The zero-order valence-corrected chi connectivity index (χ0v) is 14.2. The van der Waals surface area contributed by atoms with Crippen LogP contribution >= 0.6 is 0 Å². The van der Waals surface area contributed by atoms with Gasteiger partial charge in [-0.05, 0) is 12.3 Å². The van der Waals surface area contributed by atoms with Crippen molar-refractivity contribution in [1.82, 2.24) is 20.0 Å². The Labute approximate surface area is 145 Å². The fourth-order valence-electron chi connectivity index (χ4n) is 3.26. The second-order valence-corrected chi connectivity index (χ2v) is 6.50. The molecule has 0 radical (unpaired) electrons. The molecule has 0 unspecified atom stereocenters. The van der Waals surface area contributed by atoms with Gasteiger partial charge in [0.2, 0.25) is 0 Å². The fourth-order valence-corrected chi connectivity index (χ4v) is 3.26. The normalized spacial score (nSPS) is 15.1. The van der Waals surface area contributed by atoms with Crippen molar-refractivity contribution in [3.05, 3.63) is 23.7 Å². The molecule has 25 heavy (non-hydrogen) atoms. The van der Waals surface area contributed by atoms with Crippen molar-refractivity contribution < 1.29 is 9.59 Å². The third kappa shape index (κ3) is 4.37. The average Bonchev–Trinajstić information content (AvgIpc) is 3.14. The maximum absolute atomic E-state index is 12.1. The summed E-state index contributed by atoms with van der Waals surface area (Å²) >= 11 is 0. The predicted octanol–water partition coefficient (Wildman–Crippen LogP) is 2.01. The Morgan fingerprint density at radius 2 is 2.08 bits per heavy atom. The number of carbonyl (C=O) groups is 2. The highest BCUT2D eigenvalue weighted by Gasteiger charge is 2.17. The molecule has 134 valence electrons. The summed E-state index contributed by atoms with van der Waals surface area (Å²) in [5.41, 5.74) is 6.53. The molecule has 9 heteroatoms. The number of H-pyrrole nitrogens is 1. The molecule has 1 saturated carbocycles. The SMILES string of the molecule is Cn1cc(NC(=O)Nc2cc(CC3CCCCC3)[nH]n2)c(C(N)=O)n1. The van der Waals surface area contributed by atoms with Crippen LogP contribution in [0.5, 0.6) is 0 Å². The largest absolute Gasteiger partial charge is 0.364 e. The molecular formula is C16H23N7O2. The molecule has 5 N–H and O–H groups in total. The summed E-state index contributed by atoms with van der Waals surface area (Å²) in [7, 11) is 1.64. The van der Waals surface area contributed by atoms with Gasteiger partial charge in [-0.3, -0.25) is 19.9 Å². The Kier molecular flexibility index (Phi) is 5.01. The lowest BCUT2D eigenvalue weighted by atomic mass is 9.86. The highest BCUT2D eigenvalue weighted by atomic mass is 16.2. The maximum Gasteiger partial charge on any atom is 0.325 e. The predicted molar refractivity (Wildman–Crippen MR) is 93.2 cm³/mol. The van der Waals surface area contributed by atoms with Gasteiger partial charge in [0.1, 0.15) is 0 Å². The Balaban J connectivity index is 1.57. The van der Waals surface area contributed by atoms with Gasteiger partial charge >= 0.3 is 6.03 Å². The van der Waals surface area contributed by atoms with Crippen molar-refractivity contribution in [3.63, 3.8) is 0 Å². The lowest BCUT2D eigenvalue weighted by Gasteiger charge is -2.20.